The average Bonchev–Trinajstić information content (AvgIpc) is 2.21. The third-order valence-electron chi connectivity index (χ3n) is 2.07. The molecule has 0 aliphatic carbocycles. The Balaban J connectivity index is 2.62. The predicted octanol–water partition coefficient (Wildman–Crippen LogP) is 2.36. The lowest BCUT2D eigenvalue weighted by Crippen LogP contribution is -2.35. The van der Waals surface area contributed by atoms with Gasteiger partial charge in [-0.25, -0.2) is 0 Å². The molecule has 0 aromatic heterocycles. The van der Waals surface area contributed by atoms with E-state index in [1.165, 1.54) is 0 Å². The second-order valence-corrected chi connectivity index (χ2v) is 4.53. The summed E-state index contributed by atoms with van der Waals surface area (Å²) in [6.45, 7) is 2.01. The number of hydrogen-bond donors (Lipinski definition) is 2. The summed E-state index contributed by atoms with van der Waals surface area (Å²) in [5, 5.41) is 2.82. The van der Waals surface area contributed by atoms with E-state index in [1.807, 2.05) is 31.2 Å². The highest BCUT2D eigenvalue weighted by Gasteiger charge is 2.12. The Hall–Kier alpha value is -0.620. The van der Waals surface area contributed by atoms with Crippen molar-refractivity contribution in [2.45, 2.75) is 25.8 Å². The highest BCUT2D eigenvalue weighted by atomic mass is 127. The van der Waals surface area contributed by atoms with Crippen molar-refractivity contribution in [2.75, 3.05) is 5.32 Å². The molecule has 0 radical (unpaired) electrons. The van der Waals surface area contributed by atoms with Crippen LogP contribution in [-0.4, -0.2) is 11.9 Å². The Bertz CT molecular complexity index is 341. The molecule has 1 unspecified atom stereocenters. The Morgan fingerprint density at radius 2 is 2.20 bits per heavy atom. The molecule has 1 rings (SSSR count). The molecule has 0 spiro atoms. The van der Waals surface area contributed by atoms with Gasteiger partial charge in [0.2, 0.25) is 5.91 Å². The first kappa shape index (κ1) is 12.4. The van der Waals surface area contributed by atoms with Crippen molar-refractivity contribution in [3.8, 4) is 0 Å². The number of carbonyl (C=O) groups is 1. The van der Waals surface area contributed by atoms with Crippen molar-refractivity contribution in [3.63, 3.8) is 0 Å². The minimum Gasteiger partial charge on any atom is -0.324 e. The van der Waals surface area contributed by atoms with Crippen LogP contribution >= 0.6 is 22.6 Å². The van der Waals surface area contributed by atoms with Crippen LogP contribution in [0.15, 0.2) is 24.3 Å². The summed E-state index contributed by atoms with van der Waals surface area (Å²) in [7, 11) is 0. The third kappa shape index (κ3) is 3.79. The van der Waals surface area contributed by atoms with Crippen molar-refractivity contribution >= 4 is 34.2 Å². The molecule has 82 valence electrons. The summed E-state index contributed by atoms with van der Waals surface area (Å²) in [6.07, 6.45) is 1.63. The first-order valence-electron chi connectivity index (χ1n) is 4.96. The van der Waals surface area contributed by atoms with Gasteiger partial charge < -0.3 is 11.1 Å². The number of nitrogens with two attached hydrogens (primary N) is 1. The van der Waals surface area contributed by atoms with Gasteiger partial charge in [0, 0.05) is 3.57 Å². The first-order valence-corrected chi connectivity index (χ1v) is 6.04. The van der Waals surface area contributed by atoms with E-state index in [-0.39, 0.29) is 5.91 Å². The minimum absolute atomic E-state index is 0.110. The summed E-state index contributed by atoms with van der Waals surface area (Å²) in [5.41, 5.74) is 6.54. The lowest BCUT2D eigenvalue weighted by Gasteiger charge is -2.12. The minimum atomic E-state index is -0.411. The van der Waals surface area contributed by atoms with Gasteiger partial charge in [0.1, 0.15) is 0 Å². The summed E-state index contributed by atoms with van der Waals surface area (Å²) >= 11 is 2.18. The summed E-state index contributed by atoms with van der Waals surface area (Å²) < 4.78 is 1.02. The zero-order valence-corrected chi connectivity index (χ0v) is 10.8. The number of nitrogens with one attached hydrogen (secondary N) is 1. The Morgan fingerprint density at radius 3 is 2.80 bits per heavy atom. The van der Waals surface area contributed by atoms with Crippen LogP contribution in [0.5, 0.6) is 0 Å². The van der Waals surface area contributed by atoms with Gasteiger partial charge in [0.25, 0.3) is 0 Å². The van der Waals surface area contributed by atoms with E-state index in [0.717, 1.165) is 22.1 Å². The van der Waals surface area contributed by atoms with Gasteiger partial charge in [-0.15, -0.1) is 0 Å². The SMILES string of the molecule is CCCC(N)C(=O)Nc1ccccc1I. The standard InChI is InChI=1S/C11H15IN2O/c1-2-5-9(13)11(15)14-10-7-4-3-6-8(10)12/h3-4,6-7,9H,2,5,13H2,1H3,(H,14,15). The molecule has 0 saturated carbocycles. The summed E-state index contributed by atoms with van der Waals surface area (Å²) in [5.74, 6) is -0.110. The lowest BCUT2D eigenvalue weighted by molar-refractivity contribution is -0.117. The predicted molar refractivity (Wildman–Crippen MR) is 70.7 cm³/mol. The van der Waals surface area contributed by atoms with E-state index in [9.17, 15) is 4.79 Å². The van der Waals surface area contributed by atoms with E-state index in [0.29, 0.717) is 0 Å². The number of carbonyl (C=O) groups excluding carboxylic acids is 1. The van der Waals surface area contributed by atoms with Crippen molar-refractivity contribution in [3.05, 3.63) is 27.8 Å². The van der Waals surface area contributed by atoms with Crippen LogP contribution in [0.3, 0.4) is 0 Å². The molecule has 4 heteroatoms. The molecule has 0 saturated heterocycles. The van der Waals surface area contributed by atoms with Crippen LogP contribution < -0.4 is 11.1 Å². The first-order chi connectivity index (χ1) is 7.15. The van der Waals surface area contributed by atoms with Crippen LogP contribution in [0.1, 0.15) is 19.8 Å². The zero-order chi connectivity index (χ0) is 11.3. The molecule has 0 fully saturated rings. The van der Waals surface area contributed by atoms with Crippen LogP contribution in [0, 0.1) is 3.57 Å². The molecule has 1 aromatic carbocycles. The van der Waals surface area contributed by atoms with E-state index in [1.54, 1.807) is 0 Å². The molecule has 0 heterocycles. The van der Waals surface area contributed by atoms with Crippen LogP contribution in [-0.2, 0) is 4.79 Å². The Morgan fingerprint density at radius 1 is 1.53 bits per heavy atom. The summed E-state index contributed by atoms with van der Waals surface area (Å²) in [6, 6.07) is 7.23. The van der Waals surface area contributed by atoms with Crippen molar-refractivity contribution in [1.82, 2.24) is 0 Å². The van der Waals surface area contributed by atoms with E-state index >= 15 is 0 Å². The third-order valence-corrected chi connectivity index (χ3v) is 3.01. The second-order valence-electron chi connectivity index (χ2n) is 3.36. The van der Waals surface area contributed by atoms with Gasteiger partial charge in [-0.1, -0.05) is 25.5 Å². The van der Waals surface area contributed by atoms with Gasteiger partial charge in [0.05, 0.1) is 11.7 Å². The smallest absolute Gasteiger partial charge is 0.241 e. The van der Waals surface area contributed by atoms with Gasteiger partial charge in [-0.05, 0) is 41.1 Å². The van der Waals surface area contributed by atoms with E-state index in [2.05, 4.69) is 27.9 Å². The van der Waals surface area contributed by atoms with E-state index in [4.69, 9.17) is 5.73 Å². The summed E-state index contributed by atoms with van der Waals surface area (Å²) in [4.78, 5) is 11.6. The number of rotatable bonds is 4. The zero-order valence-electron chi connectivity index (χ0n) is 8.66. The number of benzene rings is 1. The number of amides is 1. The lowest BCUT2D eigenvalue weighted by atomic mass is 10.1. The van der Waals surface area contributed by atoms with Crippen molar-refractivity contribution < 1.29 is 4.79 Å². The molecule has 0 bridgehead atoms. The fourth-order valence-electron chi connectivity index (χ4n) is 1.23. The highest BCUT2D eigenvalue weighted by molar-refractivity contribution is 14.1. The molecule has 3 N–H and O–H groups in total. The topological polar surface area (TPSA) is 55.1 Å². The molecular formula is C11H15IN2O. The van der Waals surface area contributed by atoms with Crippen LogP contribution in [0.25, 0.3) is 0 Å². The number of hydrogen-bond acceptors (Lipinski definition) is 2. The number of para-hydroxylation sites is 1. The van der Waals surface area contributed by atoms with Crippen LogP contribution in [0.2, 0.25) is 0 Å². The molecule has 0 aliphatic rings. The quantitative estimate of drug-likeness (QED) is 0.838. The van der Waals surface area contributed by atoms with Crippen molar-refractivity contribution in [2.24, 2.45) is 5.73 Å². The maximum absolute atomic E-state index is 11.6. The Kier molecular flexibility index (Phi) is 5.04. The fraction of sp³-hybridized carbons (Fsp3) is 0.364. The molecule has 0 aliphatic heterocycles. The van der Waals surface area contributed by atoms with Gasteiger partial charge >= 0.3 is 0 Å². The molecular weight excluding hydrogens is 303 g/mol. The highest BCUT2D eigenvalue weighted by Crippen LogP contribution is 2.17. The van der Waals surface area contributed by atoms with Gasteiger partial charge in [-0.2, -0.15) is 0 Å². The number of halogens is 1. The average molecular weight is 318 g/mol. The molecule has 1 amide bonds. The Labute approximate surface area is 104 Å². The molecule has 1 aromatic rings. The molecule has 3 nitrogen and oxygen atoms in total. The maximum atomic E-state index is 11.6. The van der Waals surface area contributed by atoms with Gasteiger partial charge in [0.15, 0.2) is 0 Å². The fourth-order valence-corrected chi connectivity index (χ4v) is 1.75. The van der Waals surface area contributed by atoms with Crippen molar-refractivity contribution in [1.29, 1.82) is 0 Å². The largest absolute Gasteiger partial charge is 0.324 e. The maximum Gasteiger partial charge on any atom is 0.241 e. The second kappa shape index (κ2) is 6.07. The monoisotopic (exact) mass is 318 g/mol. The molecule has 15 heavy (non-hydrogen) atoms. The van der Waals surface area contributed by atoms with Gasteiger partial charge in [-0.3, -0.25) is 4.79 Å². The number of anilines is 1. The normalized spacial score (nSPS) is 12.2. The molecule has 1 atom stereocenters. The van der Waals surface area contributed by atoms with E-state index < -0.39 is 6.04 Å². The van der Waals surface area contributed by atoms with Crippen LogP contribution in [0.4, 0.5) is 5.69 Å².